The van der Waals surface area contributed by atoms with Gasteiger partial charge in [0.25, 0.3) is 11.5 Å². The number of benzene rings is 2. The Labute approximate surface area is 222 Å². The second-order valence-corrected chi connectivity index (χ2v) is 11.0. The number of hydrogen-bond donors (Lipinski definition) is 2. The third-order valence-corrected chi connectivity index (χ3v) is 8.00. The number of likely N-dealkylation sites (tertiary alicyclic amines) is 1. The van der Waals surface area contributed by atoms with E-state index in [1.807, 2.05) is 24.3 Å². The number of piperidine rings is 2. The minimum Gasteiger partial charge on any atom is -0.490 e. The molecule has 38 heavy (non-hydrogen) atoms. The van der Waals surface area contributed by atoms with Gasteiger partial charge in [0, 0.05) is 38.2 Å². The number of hydrogen-bond acceptors (Lipinski definition) is 5. The zero-order chi connectivity index (χ0) is 27.6. The zero-order valence-electron chi connectivity index (χ0n) is 22.2. The van der Waals surface area contributed by atoms with Gasteiger partial charge in [-0.3, -0.25) is 4.79 Å². The molecule has 0 bridgehead atoms. The number of ether oxygens (including phenoxy) is 2. The van der Waals surface area contributed by atoms with Gasteiger partial charge < -0.3 is 24.8 Å². The third kappa shape index (κ3) is 5.42. The Morgan fingerprint density at radius 3 is 2.29 bits per heavy atom. The summed E-state index contributed by atoms with van der Waals surface area (Å²) in [7, 11) is 0.942. The minimum atomic E-state index is -4.93. The summed E-state index contributed by atoms with van der Waals surface area (Å²) in [4.78, 5) is 14.9. The van der Waals surface area contributed by atoms with Crippen LogP contribution in [0.25, 0.3) is 0 Å². The maximum atomic E-state index is 14.5. The number of alkyl halides is 3. The van der Waals surface area contributed by atoms with Gasteiger partial charge in [0.2, 0.25) is 0 Å². The van der Waals surface area contributed by atoms with E-state index in [9.17, 15) is 23.1 Å². The topological polar surface area (TPSA) is 71.0 Å². The summed E-state index contributed by atoms with van der Waals surface area (Å²) in [5, 5.41) is 13.6. The molecule has 4 rings (SSSR count). The van der Waals surface area contributed by atoms with Crippen LogP contribution >= 0.6 is 0 Å². The van der Waals surface area contributed by atoms with Crippen molar-refractivity contribution < 1.29 is 32.5 Å². The first-order valence-electron chi connectivity index (χ1n) is 13.1. The average molecular weight is 535 g/mol. The molecule has 2 aromatic rings. The van der Waals surface area contributed by atoms with Gasteiger partial charge in [-0.15, -0.1) is 0 Å². The number of nitrogens with one attached hydrogen (secondary N) is 1. The van der Waals surface area contributed by atoms with Gasteiger partial charge in [0.15, 0.2) is 0 Å². The van der Waals surface area contributed by atoms with Crippen LogP contribution in [0, 0.1) is 5.41 Å². The van der Waals surface area contributed by atoms with Gasteiger partial charge in [-0.2, -0.15) is 13.2 Å². The molecule has 2 saturated heterocycles. The summed E-state index contributed by atoms with van der Waals surface area (Å²) in [6.07, 6.45) is -2.95. The molecule has 2 atom stereocenters. The van der Waals surface area contributed by atoms with Crippen LogP contribution < -0.4 is 10.1 Å². The van der Waals surface area contributed by atoms with E-state index < -0.39 is 23.3 Å². The smallest absolute Gasteiger partial charge is 0.430 e. The fourth-order valence-corrected chi connectivity index (χ4v) is 5.95. The molecule has 1 spiro atoms. The minimum absolute atomic E-state index is 0.0513. The lowest BCUT2D eigenvalue weighted by Crippen LogP contribution is -2.59. The van der Waals surface area contributed by atoms with Crippen LogP contribution in [0.2, 0.25) is 0 Å². The molecule has 208 valence electrons. The Morgan fingerprint density at radius 1 is 1.05 bits per heavy atom. The molecule has 0 aromatic heterocycles. The maximum absolute atomic E-state index is 14.5. The van der Waals surface area contributed by atoms with Crippen molar-refractivity contribution in [3.63, 3.8) is 0 Å². The second kappa shape index (κ2) is 10.9. The van der Waals surface area contributed by atoms with Crippen molar-refractivity contribution in [3.05, 3.63) is 65.7 Å². The highest BCUT2D eigenvalue weighted by Gasteiger charge is 2.64. The van der Waals surface area contributed by atoms with Crippen LogP contribution in [-0.2, 0) is 15.1 Å². The van der Waals surface area contributed by atoms with Gasteiger partial charge >= 0.3 is 6.18 Å². The predicted octanol–water partition coefficient (Wildman–Crippen LogP) is 4.63. The summed E-state index contributed by atoms with van der Waals surface area (Å²) in [5.41, 5.74) is -3.46. The van der Waals surface area contributed by atoms with Gasteiger partial charge in [-0.25, -0.2) is 0 Å². The second-order valence-electron chi connectivity index (χ2n) is 11.0. The van der Waals surface area contributed by atoms with E-state index in [2.05, 4.69) is 5.32 Å². The van der Waals surface area contributed by atoms with Gasteiger partial charge in [-0.1, -0.05) is 48.5 Å². The molecule has 2 heterocycles. The quantitative estimate of drug-likeness (QED) is 0.542. The number of rotatable bonds is 7. The van der Waals surface area contributed by atoms with Crippen LogP contribution in [0.5, 0.6) is 5.75 Å². The summed E-state index contributed by atoms with van der Waals surface area (Å²) < 4.78 is 54.5. The molecule has 0 saturated carbocycles. The van der Waals surface area contributed by atoms with Crippen molar-refractivity contribution in [3.8, 4) is 5.75 Å². The van der Waals surface area contributed by atoms with E-state index in [1.165, 1.54) is 29.2 Å². The number of methoxy groups -OCH3 is 1. The van der Waals surface area contributed by atoms with E-state index in [1.54, 1.807) is 19.9 Å². The molecule has 0 radical (unpaired) electrons. The molecule has 2 aliphatic heterocycles. The summed E-state index contributed by atoms with van der Waals surface area (Å²) in [5.74, 6) is -0.330. The summed E-state index contributed by atoms with van der Waals surface area (Å²) >= 11 is 0. The molecule has 1 amide bonds. The average Bonchev–Trinajstić information content (AvgIpc) is 2.88. The van der Waals surface area contributed by atoms with Crippen LogP contribution in [-0.4, -0.2) is 67.6 Å². The number of aliphatic hydroxyl groups is 1. The van der Waals surface area contributed by atoms with E-state index in [0.29, 0.717) is 25.1 Å². The predicted molar refractivity (Wildman–Crippen MR) is 138 cm³/mol. The van der Waals surface area contributed by atoms with Crippen molar-refractivity contribution in [2.45, 2.75) is 56.4 Å². The number of para-hydroxylation sites is 1. The van der Waals surface area contributed by atoms with Crippen molar-refractivity contribution >= 4 is 5.91 Å². The monoisotopic (exact) mass is 534 g/mol. The fraction of sp³-hybridized carbons (Fsp3) is 0.552. The van der Waals surface area contributed by atoms with Crippen molar-refractivity contribution in [2.75, 3.05) is 39.9 Å². The molecular weight excluding hydrogens is 497 g/mol. The molecule has 2 aromatic carbocycles. The fourth-order valence-electron chi connectivity index (χ4n) is 5.95. The van der Waals surface area contributed by atoms with E-state index in [4.69, 9.17) is 9.47 Å². The number of carbonyl (C=O) groups excluding carboxylic acids is 1. The molecule has 2 aliphatic rings. The van der Waals surface area contributed by atoms with E-state index in [-0.39, 0.29) is 36.6 Å². The lowest BCUT2D eigenvalue weighted by Gasteiger charge is -2.51. The molecule has 2 N–H and O–H groups in total. The van der Waals surface area contributed by atoms with Gasteiger partial charge in [-0.05, 0) is 56.7 Å². The molecule has 2 fully saturated rings. The number of halogens is 3. The van der Waals surface area contributed by atoms with E-state index >= 15 is 0 Å². The molecule has 1 unspecified atom stereocenters. The van der Waals surface area contributed by atoms with Crippen LogP contribution in [0.3, 0.4) is 0 Å². The Morgan fingerprint density at radius 2 is 1.68 bits per heavy atom. The van der Waals surface area contributed by atoms with Crippen molar-refractivity contribution in [1.29, 1.82) is 0 Å². The largest absolute Gasteiger partial charge is 0.490 e. The first kappa shape index (κ1) is 28.4. The van der Waals surface area contributed by atoms with Crippen LogP contribution in [0.1, 0.15) is 50.2 Å². The Bertz CT molecular complexity index is 1090. The highest BCUT2D eigenvalue weighted by molar-refractivity contribution is 5.88. The molecular formula is C29H37F3N2O4. The number of amides is 1. The van der Waals surface area contributed by atoms with Crippen LogP contribution in [0.4, 0.5) is 13.2 Å². The third-order valence-electron chi connectivity index (χ3n) is 8.00. The van der Waals surface area contributed by atoms with Crippen molar-refractivity contribution in [2.24, 2.45) is 5.41 Å². The lowest BCUT2D eigenvalue weighted by atomic mass is 9.62. The standard InChI is InChI=1S/C29H37F3N2O4/c1-26(2,36)20-38-24-12-8-7-11-22(24)23-19-33-16-13-27(23)14-17-34(18-15-27)25(35)28(37-3,29(30,31)32)21-9-5-4-6-10-21/h4-12,23,33,36H,13-20H2,1-3H3/t23?,28-/m1/s1. The first-order chi connectivity index (χ1) is 17.9. The zero-order valence-corrected chi connectivity index (χ0v) is 22.2. The Hall–Kier alpha value is -2.62. The highest BCUT2D eigenvalue weighted by Crippen LogP contribution is 2.51. The summed E-state index contributed by atoms with van der Waals surface area (Å²) in [6, 6.07) is 14.9. The summed E-state index contributed by atoms with van der Waals surface area (Å²) in [6.45, 7) is 5.41. The van der Waals surface area contributed by atoms with Crippen molar-refractivity contribution in [1.82, 2.24) is 10.2 Å². The lowest BCUT2D eigenvalue weighted by molar-refractivity contribution is -0.271. The molecule has 0 aliphatic carbocycles. The van der Waals surface area contributed by atoms with E-state index in [0.717, 1.165) is 25.6 Å². The van der Waals surface area contributed by atoms with Crippen LogP contribution in [0.15, 0.2) is 54.6 Å². The van der Waals surface area contributed by atoms with Gasteiger partial charge in [0.05, 0.1) is 5.60 Å². The first-order valence-corrected chi connectivity index (χ1v) is 13.1. The number of carbonyl (C=O) groups is 1. The molecule has 6 nitrogen and oxygen atoms in total. The molecule has 9 heteroatoms. The Balaban J connectivity index is 1.59. The Kier molecular flexibility index (Phi) is 8.12. The normalized spacial score (nSPS) is 21.7. The van der Waals surface area contributed by atoms with Gasteiger partial charge in [0.1, 0.15) is 12.4 Å². The maximum Gasteiger partial charge on any atom is 0.430 e. The SMILES string of the molecule is CO[C@@](C(=O)N1CCC2(CCNCC2c2ccccc2OCC(C)(C)O)CC1)(c1ccccc1)C(F)(F)F. The highest BCUT2D eigenvalue weighted by atomic mass is 19.4. The number of nitrogens with zero attached hydrogens (tertiary/aromatic N) is 1.